The average molecular weight is 372 g/mol. The highest BCUT2D eigenvalue weighted by Gasteiger charge is 2.20. The molecule has 4 nitrogen and oxygen atoms in total. The van der Waals surface area contributed by atoms with Crippen molar-refractivity contribution in [3.63, 3.8) is 0 Å². The highest BCUT2D eigenvalue weighted by molar-refractivity contribution is 7.19. The SMILES string of the molecule is Cc1sc2ccn(CC(C)C)c(=O)c2c1C(=O)NCc1ccccc1F. The summed E-state index contributed by atoms with van der Waals surface area (Å²) in [4.78, 5) is 26.4. The Balaban J connectivity index is 1.96. The Kier molecular flexibility index (Phi) is 5.23. The molecule has 0 aliphatic heterocycles. The number of aromatic nitrogens is 1. The molecule has 0 unspecified atom stereocenters. The number of rotatable bonds is 5. The van der Waals surface area contributed by atoms with Gasteiger partial charge in [0.1, 0.15) is 5.82 Å². The van der Waals surface area contributed by atoms with Crippen LogP contribution in [0, 0.1) is 18.7 Å². The van der Waals surface area contributed by atoms with Crippen molar-refractivity contribution in [1.29, 1.82) is 0 Å². The molecule has 1 aromatic carbocycles. The molecule has 0 aliphatic rings. The Labute approximate surface area is 155 Å². The van der Waals surface area contributed by atoms with Crippen LogP contribution in [0.1, 0.15) is 34.6 Å². The summed E-state index contributed by atoms with van der Waals surface area (Å²) >= 11 is 1.43. The minimum atomic E-state index is -0.362. The molecular weight excluding hydrogens is 351 g/mol. The zero-order valence-electron chi connectivity index (χ0n) is 15.0. The van der Waals surface area contributed by atoms with Crippen LogP contribution in [0.5, 0.6) is 0 Å². The number of halogens is 1. The minimum absolute atomic E-state index is 0.0787. The van der Waals surface area contributed by atoms with Gasteiger partial charge in [-0.2, -0.15) is 0 Å². The first-order valence-corrected chi connectivity index (χ1v) is 9.34. The Bertz CT molecular complexity index is 1020. The van der Waals surface area contributed by atoms with Gasteiger partial charge >= 0.3 is 0 Å². The van der Waals surface area contributed by atoms with E-state index in [4.69, 9.17) is 0 Å². The fourth-order valence-electron chi connectivity index (χ4n) is 2.98. The van der Waals surface area contributed by atoms with E-state index in [2.05, 4.69) is 5.32 Å². The minimum Gasteiger partial charge on any atom is -0.348 e. The molecule has 0 saturated heterocycles. The molecule has 0 saturated carbocycles. The molecule has 0 bridgehead atoms. The first-order chi connectivity index (χ1) is 12.4. The van der Waals surface area contributed by atoms with Crippen LogP contribution in [0.3, 0.4) is 0 Å². The molecule has 136 valence electrons. The predicted octanol–water partition coefficient (Wildman–Crippen LogP) is 4.10. The first kappa shape index (κ1) is 18.3. The fourth-order valence-corrected chi connectivity index (χ4v) is 4.03. The van der Waals surface area contributed by atoms with Crippen LogP contribution in [-0.4, -0.2) is 10.5 Å². The monoisotopic (exact) mass is 372 g/mol. The van der Waals surface area contributed by atoms with E-state index in [9.17, 15) is 14.0 Å². The molecule has 3 rings (SSSR count). The summed E-state index contributed by atoms with van der Waals surface area (Å²) in [6.45, 7) is 6.58. The van der Waals surface area contributed by atoms with Crippen LogP contribution in [0.4, 0.5) is 4.39 Å². The van der Waals surface area contributed by atoms with E-state index >= 15 is 0 Å². The van der Waals surface area contributed by atoms with Crippen molar-refractivity contribution in [3.8, 4) is 0 Å². The molecule has 0 aliphatic carbocycles. The molecule has 3 aromatic rings. The Morgan fingerprint density at radius 3 is 2.69 bits per heavy atom. The van der Waals surface area contributed by atoms with Crippen molar-refractivity contribution in [3.05, 3.63) is 68.7 Å². The Morgan fingerprint density at radius 2 is 2.00 bits per heavy atom. The lowest BCUT2D eigenvalue weighted by molar-refractivity contribution is 0.0952. The fraction of sp³-hybridized carbons (Fsp3) is 0.300. The normalized spacial score (nSPS) is 11.3. The number of thiophene rings is 1. The van der Waals surface area contributed by atoms with Crippen LogP contribution in [0.15, 0.2) is 41.3 Å². The average Bonchev–Trinajstić information content (AvgIpc) is 2.93. The van der Waals surface area contributed by atoms with Gasteiger partial charge in [-0.1, -0.05) is 32.0 Å². The van der Waals surface area contributed by atoms with Crippen molar-refractivity contribution in [1.82, 2.24) is 9.88 Å². The molecule has 0 spiro atoms. The molecule has 2 heterocycles. The number of pyridine rings is 1. The number of carbonyl (C=O) groups is 1. The lowest BCUT2D eigenvalue weighted by Gasteiger charge is -2.10. The molecule has 0 fully saturated rings. The first-order valence-electron chi connectivity index (χ1n) is 8.52. The summed E-state index contributed by atoms with van der Waals surface area (Å²) in [5, 5.41) is 3.19. The van der Waals surface area contributed by atoms with Gasteiger partial charge in [0.15, 0.2) is 0 Å². The number of aryl methyl sites for hydroxylation is 1. The van der Waals surface area contributed by atoms with E-state index in [-0.39, 0.29) is 23.8 Å². The number of hydrogen-bond acceptors (Lipinski definition) is 3. The summed E-state index contributed by atoms with van der Waals surface area (Å²) in [5.74, 6) is -0.390. The lowest BCUT2D eigenvalue weighted by atomic mass is 10.1. The highest BCUT2D eigenvalue weighted by Crippen LogP contribution is 2.28. The van der Waals surface area contributed by atoms with Gasteiger partial charge in [-0.15, -0.1) is 11.3 Å². The second-order valence-corrected chi connectivity index (χ2v) is 7.97. The summed E-state index contributed by atoms with van der Waals surface area (Å²) < 4.78 is 16.2. The molecular formula is C20H21FN2O2S. The van der Waals surface area contributed by atoms with Gasteiger partial charge in [0.25, 0.3) is 11.5 Å². The number of fused-ring (bicyclic) bond motifs is 1. The molecule has 2 aromatic heterocycles. The van der Waals surface area contributed by atoms with Gasteiger partial charge in [0.2, 0.25) is 0 Å². The van der Waals surface area contributed by atoms with Crippen LogP contribution in [0.2, 0.25) is 0 Å². The number of benzene rings is 1. The zero-order chi connectivity index (χ0) is 18.8. The summed E-state index contributed by atoms with van der Waals surface area (Å²) in [5.41, 5.74) is 0.649. The summed E-state index contributed by atoms with van der Waals surface area (Å²) in [6.07, 6.45) is 1.78. The van der Waals surface area contributed by atoms with Crippen molar-refractivity contribution in [2.75, 3.05) is 0 Å². The molecule has 1 N–H and O–H groups in total. The quantitative estimate of drug-likeness (QED) is 0.733. The molecule has 6 heteroatoms. The number of amides is 1. The number of carbonyl (C=O) groups excluding carboxylic acids is 1. The number of hydrogen-bond donors (Lipinski definition) is 1. The van der Waals surface area contributed by atoms with Gasteiger partial charge in [-0.3, -0.25) is 9.59 Å². The van der Waals surface area contributed by atoms with E-state index in [1.807, 2.05) is 26.8 Å². The van der Waals surface area contributed by atoms with Gasteiger partial charge in [0.05, 0.1) is 10.9 Å². The third-order valence-electron chi connectivity index (χ3n) is 4.18. The third-order valence-corrected chi connectivity index (χ3v) is 5.25. The van der Waals surface area contributed by atoms with E-state index in [0.29, 0.717) is 29.0 Å². The maximum atomic E-state index is 13.8. The zero-order valence-corrected chi connectivity index (χ0v) is 15.8. The smallest absolute Gasteiger partial charge is 0.260 e. The van der Waals surface area contributed by atoms with E-state index in [1.165, 1.54) is 17.4 Å². The number of nitrogens with zero attached hydrogens (tertiary/aromatic N) is 1. The molecule has 26 heavy (non-hydrogen) atoms. The van der Waals surface area contributed by atoms with E-state index in [1.54, 1.807) is 29.0 Å². The maximum Gasteiger partial charge on any atom is 0.260 e. The number of nitrogens with one attached hydrogen (secondary N) is 1. The van der Waals surface area contributed by atoms with Gasteiger partial charge in [-0.25, -0.2) is 4.39 Å². The second kappa shape index (κ2) is 7.41. The molecule has 0 radical (unpaired) electrons. The van der Waals surface area contributed by atoms with Crippen molar-refractivity contribution < 1.29 is 9.18 Å². The Hall–Kier alpha value is -2.47. The highest BCUT2D eigenvalue weighted by atomic mass is 32.1. The van der Waals surface area contributed by atoms with Gasteiger partial charge < -0.3 is 9.88 Å². The van der Waals surface area contributed by atoms with Crippen LogP contribution in [0.25, 0.3) is 10.1 Å². The van der Waals surface area contributed by atoms with Crippen molar-refractivity contribution in [2.24, 2.45) is 5.92 Å². The van der Waals surface area contributed by atoms with Crippen molar-refractivity contribution in [2.45, 2.75) is 33.9 Å². The molecule has 1 amide bonds. The predicted molar refractivity (Wildman–Crippen MR) is 103 cm³/mol. The topological polar surface area (TPSA) is 51.1 Å². The molecule has 0 atom stereocenters. The Morgan fingerprint density at radius 1 is 1.27 bits per heavy atom. The second-order valence-electron chi connectivity index (χ2n) is 6.71. The van der Waals surface area contributed by atoms with Gasteiger partial charge in [-0.05, 0) is 25.0 Å². The maximum absolute atomic E-state index is 13.8. The standard InChI is InChI=1S/C20H21FN2O2S/c1-12(2)11-23-9-8-16-18(20(23)25)17(13(3)26-16)19(24)22-10-14-6-4-5-7-15(14)21/h4-9,12H,10-11H2,1-3H3,(H,22,24). The van der Waals surface area contributed by atoms with E-state index < -0.39 is 0 Å². The summed E-state index contributed by atoms with van der Waals surface area (Å²) in [7, 11) is 0. The largest absolute Gasteiger partial charge is 0.348 e. The summed E-state index contributed by atoms with van der Waals surface area (Å²) in [6, 6.07) is 8.19. The van der Waals surface area contributed by atoms with Crippen molar-refractivity contribution >= 4 is 27.3 Å². The van der Waals surface area contributed by atoms with E-state index in [0.717, 1.165) is 9.58 Å². The van der Waals surface area contributed by atoms with Crippen LogP contribution < -0.4 is 10.9 Å². The van der Waals surface area contributed by atoms with Crippen LogP contribution >= 0.6 is 11.3 Å². The third kappa shape index (κ3) is 3.55. The lowest BCUT2D eigenvalue weighted by Crippen LogP contribution is -2.27. The van der Waals surface area contributed by atoms with Crippen LogP contribution in [-0.2, 0) is 13.1 Å². The van der Waals surface area contributed by atoms with Gasteiger partial charge in [0, 0.05) is 34.4 Å².